The molecule has 0 fully saturated rings. The van der Waals surface area contributed by atoms with Crippen molar-refractivity contribution in [3.63, 3.8) is 0 Å². The molecule has 5 heteroatoms. The number of rotatable bonds is 5. The lowest BCUT2D eigenvalue weighted by Crippen LogP contribution is -2.32. The second kappa shape index (κ2) is 8.03. The van der Waals surface area contributed by atoms with Gasteiger partial charge in [-0.25, -0.2) is 0 Å². The third-order valence-electron chi connectivity index (χ3n) is 3.63. The number of allylic oxidation sites excluding steroid dienone is 2. The number of benzene rings is 1. The lowest BCUT2D eigenvalue weighted by atomic mass is 9.95. The van der Waals surface area contributed by atoms with Crippen LogP contribution >= 0.6 is 11.8 Å². The summed E-state index contributed by atoms with van der Waals surface area (Å²) in [6.07, 6.45) is 7.59. The van der Waals surface area contributed by atoms with E-state index in [4.69, 9.17) is 4.74 Å². The molecular formula is C17H21NO3S. The number of amides is 1. The van der Waals surface area contributed by atoms with Gasteiger partial charge in [0.2, 0.25) is 0 Å². The number of esters is 1. The minimum absolute atomic E-state index is 0.126. The van der Waals surface area contributed by atoms with Crippen molar-refractivity contribution < 1.29 is 14.3 Å². The van der Waals surface area contributed by atoms with E-state index in [1.165, 1.54) is 0 Å². The topological polar surface area (TPSA) is 55.4 Å². The number of carbonyl (C=O) groups is 2. The van der Waals surface area contributed by atoms with Crippen LogP contribution in [0.25, 0.3) is 0 Å². The summed E-state index contributed by atoms with van der Waals surface area (Å²) in [5.41, 5.74) is 0.739. The monoisotopic (exact) mass is 319 g/mol. The van der Waals surface area contributed by atoms with Crippen LogP contribution in [0.3, 0.4) is 0 Å². The largest absolute Gasteiger partial charge is 0.452 e. The van der Waals surface area contributed by atoms with Gasteiger partial charge in [-0.2, -0.15) is 0 Å². The summed E-state index contributed by atoms with van der Waals surface area (Å²) in [5, 5.41) is 2.82. The van der Waals surface area contributed by atoms with Gasteiger partial charge in [-0.3, -0.25) is 9.59 Å². The zero-order chi connectivity index (χ0) is 15.9. The maximum Gasteiger partial charge on any atom is 0.310 e. The van der Waals surface area contributed by atoms with Crippen molar-refractivity contribution in [1.29, 1.82) is 0 Å². The maximum atomic E-state index is 12.2. The maximum absolute atomic E-state index is 12.2. The van der Waals surface area contributed by atoms with Crippen molar-refractivity contribution in [2.75, 3.05) is 11.6 Å². The molecule has 22 heavy (non-hydrogen) atoms. The lowest BCUT2D eigenvalue weighted by molar-refractivity contribution is -0.157. The fraction of sp³-hybridized carbons (Fsp3) is 0.412. The smallest absolute Gasteiger partial charge is 0.310 e. The van der Waals surface area contributed by atoms with Crippen LogP contribution in [-0.4, -0.2) is 24.2 Å². The van der Waals surface area contributed by atoms with Gasteiger partial charge in [-0.05, 0) is 44.6 Å². The third-order valence-corrected chi connectivity index (χ3v) is 4.43. The van der Waals surface area contributed by atoms with Crippen LogP contribution in [0.2, 0.25) is 0 Å². The normalized spacial score (nSPS) is 18.5. The third kappa shape index (κ3) is 4.37. The van der Waals surface area contributed by atoms with Crippen LogP contribution in [0.4, 0.5) is 5.69 Å². The zero-order valence-electron chi connectivity index (χ0n) is 12.9. The number of hydrogen-bond donors (Lipinski definition) is 1. The Morgan fingerprint density at radius 1 is 1.32 bits per heavy atom. The number of para-hydroxylation sites is 1. The number of ether oxygens (including phenoxy) is 1. The Labute approximate surface area is 135 Å². The number of nitrogens with one attached hydrogen (secondary N) is 1. The van der Waals surface area contributed by atoms with E-state index >= 15 is 0 Å². The highest BCUT2D eigenvalue weighted by Crippen LogP contribution is 2.25. The molecule has 0 aliphatic heterocycles. The van der Waals surface area contributed by atoms with E-state index in [-0.39, 0.29) is 17.8 Å². The van der Waals surface area contributed by atoms with Crippen molar-refractivity contribution in [1.82, 2.24) is 0 Å². The van der Waals surface area contributed by atoms with Crippen molar-refractivity contribution in [2.45, 2.75) is 37.2 Å². The molecule has 0 saturated carbocycles. The quantitative estimate of drug-likeness (QED) is 0.511. The van der Waals surface area contributed by atoms with E-state index in [2.05, 4.69) is 11.4 Å². The molecule has 1 amide bonds. The van der Waals surface area contributed by atoms with E-state index in [1.807, 2.05) is 36.6 Å². The molecular weight excluding hydrogens is 298 g/mol. The second-order valence-corrected chi connectivity index (χ2v) is 6.10. The van der Waals surface area contributed by atoms with Gasteiger partial charge in [0.05, 0.1) is 11.6 Å². The number of hydrogen-bond acceptors (Lipinski definition) is 4. The van der Waals surface area contributed by atoms with Crippen LogP contribution in [0.5, 0.6) is 0 Å². The average Bonchev–Trinajstić information content (AvgIpc) is 2.56. The molecule has 1 aliphatic rings. The van der Waals surface area contributed by atoms with Crippen LogP contribution < -0.4 is 5.32 Å². The lowest BCUT2D eigenvalue weighted by Gasteiger charge is -2.20. The minimum Gasteiger partial charge on any atom is -0.452 e. The molecule has 0 saturated heterocycles. The molecule has 1 aromatic carbocycles. The van der Waals surface area contributed by atoms with E-state index in [1.54, 1.807) is 18.7 Å². The molecule has 2 rings (SSSR count). The summed E-state index contributed by atoms with van der Waals surface area (Å²) in [6.45, 7) is 1.60. The van der Waals surface area contributed by atoms with Gasteiger partial charge < -0.3 is 10.1 Å². The van der Waals surface area contributed by atoms with Crippen LogP contribution in [-0.2, 0) is 14.3 Å². The minimum atomic E-state index is -0.798. The molecule has 1 aromatic rings. The molecule has 0 spiro atoms. The molecule has 0 bridgehead atoms. The molecule has 118 valence electrons. The first-order valence-electron chi connectivity index (χ1n) is 7.41. The summed E-state index contributed by atoms with van der Waals surface area (Å²) < 4.78 is 5.31. The van der Waals surface area contributed by atoms with Gasteiger partial charge in [-0.1, -0.05) is 24.3 Å². The number of carbonyl (C=O) groups excluding carboxylic acids is 2. The highest BCUT2D eigenvalue weighted by molar-refractivity contribution is 7.98. The Balaban J connectivity index is 1.91. The summed E-state index contributed by atoms with van der Waals surface area (Å²) >= 11 is 1.56. The highest BCUT2D eigenvalue weighted by atomic mass is 32.2. The molecule has 0 aromatic heterocycles. The molecule has 4 nitrogen and oxygen atoms in total. The van der Waals surface area contributed by atoms with Gasteiger partial charge in [0, 0.05) is 4.90 Å². The Kier molecular flexibility index (Phi) is 6.07. The van der Waals surface area contributed by atoms with Crippen molar-refractivity contribution in [3.05, 3.63) is 36.4 Å². The standard InChI is InChI=1S/C17H21NO3S/c1-12(21-17(20)13-8-4-3-5-9-13)16(19)18-14-10-6-7-11-15(14)22-2/h3-4,6-7,10-13H,5,8-9H2,1-2H3,(H,18,19)/t12-,13+/m0/s1. The van der Waals surface area contributed by atoms with E-state index < -0.39 is 6.10 Å². The molecule has 1 N–H and O–H groups in total. The van der Waals surface area contributed by atoms with Crippen LogP contribution in [0, 0.1) is 5.92 Å². The molecule has 0 heterocycles. The number of thioether (sulfide) groups is 1. The highest BCUT2D eigenvalue weighted by Gasteiger charge is 2.25. The summed E-state index contributed by atoms with van der Waals surface area (Å²) in [4.78, 5) is 25.2. The summed E-state index contributed by atoms with van der Waals surface area (Å²) in [5.74, 6) is -0.718. The van der Waals surface area contributed by atoms with Gasteiger partial charge in [0.1, 0.15) is 0 Å². The second-order valence-electron chi connectivity index (χ2n) is 5.25. The first-order valence-corrected chi connectivity index (χ1v) is 8.63. The first-order chi connectivity index (χ1) is 10.6. The molecule has 0 unspecified atom stereocenters. The van der Waals surface area contributed by atoms with Gasteiger partial charge in [0.25, 0.3) is 5.91 Å². The fourth-order valence-electron chi connectivity index (χ4n) is 2.31. The van der Waals surface area contributed by atoms with E-state index in [9.17, 15) is 9.59 Å². The summed E-state index contributed by atoms with van der Waals surface area (Å²) in [7, 11) is 0. The predicted molar refractivity (Wildman–Crippen MR) is 88.9 cm³/mol. The molecule has 1 aliphatic carbocycles. The van der Waals surface area contributed by atoms with Crippen molar-refractivity contribution in [2.24, 2.45) is 5.92 Å². The SMILES string of the molecule is CSc1ccccc1NC(=O)[C@H](C)OC(=O)[C@@H]1CC=CCC1. The van der Waals surface area contributed by atoms with Gasteiger partial charge in [0.15, 0.2) is 6.10 Å². The molecule has 0 radical (unpaired) electrons. The van der Waals surface area contributed by atoms with Crippen LogP contribution in [0.15, 0.2) is 41.3 Å². The Morgan fingerprint density at radius 3 is 2.77 bits per heavy atom. The Bertz CT molecular complexity index is 571. The van der Waals surface area contributed by atoms with Crippen LogP contribution in [0.1, 0.15) is 26.2 Å². The zero-order valence-corrected chi connectivity index (χ0v) is 13.7. The van der Waals surface area contributed by atoms with E-state index in [0.29, 0.717) is 6.42 Å². The first kappa shape index (κ1) is 16.6. The van der Waals surface area contributed by atoms with Gasteiger partial charge >= 0.3 is 5.97 Å². The molecule has 2 atom stereocenters. The van der Waals surface area contributed by atoms with Crippen molar-refractivity contribution >= 4 is 29.3 Å². The Hall–Kier alpha value is -1.75. The predicted octanol–water partition coefficient (Wildman–Crippen LogP) is 3.64. The Morgan fingerprint density at radius 2 is 2.09 bits per heavy atom. The fourth-order valence-corrected chi connectivity index (χ4v) is 2.87. The number of anilines is 1. The summed E-state index contributed by atoms with van der Waals surface area (Å²) in [6, 6.07) is 7.55. The van der Waals surface area contributed by atoms with Gasteiger partial charge in [-0.15, -0.1) is 11.8 Å². The van der Waals surface area contributed by atoms with E-state index in [0.717, 1.165) is 23.4 Å². The average molecular weight is 319 g/mol. The van der Waals surface area contributed by atoms with Crippen molar-refractivity contribution in [3.8, 4) is 0 Å².